The van der Waals surface area contributed by atoms with Crippen molar-refractivity contribution in [2.24, 2.45) is 0 Å². The number of carbonyl (C=O) groups is 2. The van der Waals surface area contributed by atoms with E-state index in [-0.39, 0.29) is 17.4 Å². The molecule has 0 atom stereocenters. The van der Waals surface area contributed by atoms with Crippen molar-refractivity contribution in [3.05, 3.63) is 71.0 Å². The van der Waals surface area contributed by atoms with E-state index >= 15 is 0 Å². The van der Waals surface area contributed by atoms with Gasteiger partial charge in [0.2, 0.25) is 0 Å². The maximum absolute atomic E-state index is 13.1. The second-order valence-corrected chi connectivity index (χ2v) is 5.93. The van der Waals surface area contributed by atoms with Gasteiger partial charge >= 0.3 is 0 Å². The number of nitrogens with zero attached hydrogens (tertiary/aromatic N) is 1. The van der Waals surface area contributed by atoms with E-state index in [9.17, 15) is 14.0 Å². The van der Waals surface area contributed by atoms with Crippen LogP contribution in [0.5, 0.6) is 0 Å². The molecule has 130 valence electrons. The van der Waals surface area contributed by atoms with Gasteiger partial charge in [0.05, 0.1) is 0 Å². The number of hydrogen-bond donors (Lipinski definition) is 2. The summed E-state index contributed by atoms with van der Waals surface area (Å²) in [5.41, 5.74) is 1.80. The van der Waals surface area contributed by atoms with Crippen molar-refractivity contribution < 1.29 is 14.0 Å². The Bertz CT molecular complexity index is 756. The van der Waals surface area contributed by atoms with Crippen LogP contribution in [0.2, 0.25) is 0 Å². The van der Waals surface area contributed by atoms with Crippen molar-refractivity contribution in [2.45, 2.75) is 6.54 Å². The van der Waals surface area contributed by atoms with Crippen LogP contribution in [0.3, 0.4) is 0 Å². The third-order valence-corrected chi connectivity index (χ3v) is 4.14. The second-order valence-electron chi connectivity index (χ2n) is 5.93. The molecule has 0 spiro atoms. The molecule has 6 heteroatoms. The van der Waals surface area contributed by atoms with Gasteiger partial charge in [-0.3, -0.25) is 9.59 Å². The first kappa shape index (κ1) is 17.1. The molecule has 2 N–H and O–H groups in total. The van der Waals surface area contributed by atoms with Gasteiger partial charge in [0.1, 0.15) is 5.82 Å². The summed E-state index contributed by atoms with van der Waals surface area (Å²) in [7, 11) is 0. The molecule has 1 heterocycles. The summed E-state index contributed by atoms with van der Waals surface area (Å²) >= 11 is 0. The molecule has 2 aromatic carbocycles. The third kappa shape index (κ3) is 4.42. The van der Waals surface area contributed by atoms with Crippen LogP contribution in [-0.4, -0.2) is 42.9 Å². The first-order valence-corrected chi connectivity index (χ1v) is 8.26. The lowest BCUT2D eigenvalue weighted by atomic mass is 10.1. The van der Waals surface area contributed by atoms with Gasteiger partial charge in [-0.15, -0.1) is 0 Å². The summed E-state index contributed by atoms with van der Waals surface area (Å²) in [5, 5.41) is 5.96. The van der Waals surface area contributed by atoms with E-state index in [1.54, 1.807) is 18.2 Å². The zero-order chi connectivity index (χ0) is 17.6. The molecule has 2 amide bonds. The maximum atomic E-state index is 13.1. The van der Waals surface area contributed by atoms with Gasteiger partial charge < -0.3 is 15.5 Å². The average Bonchev–Trinajstić information content (AvgIpc) is 2.66. The minimum Gasteiger partial charge on any atom is -0.348 e. The normalized spacial score (nSPS) is 14.2. The Balaban J connectivity index is 1.57. The quantitative estimate of drug-likeness (QED) is 0.891. The maximum Gasteiger partial charge on any atom is 0.253 e. The lowest BCUT2D eigenvalue weighted by Gasteiger charge is -2.27. The van der Waals surface area contributed by atoms with E-state index in [2.05, 4.69) is 10.6 Å². The van der Waals surface area contributed by atoms with Gasteiger partial charge in [0, 0.05) is 43.9 Å². The molecule has 0 aromatic heterocycles. The molecule has 1 aliphatic heterocycles. The number of amides is 2. The van der Waals surface area contributed by atoms with Gasteiger partial charge in [-0.2, -0.15) is 0 Å². The molecule has 25 heavy (non-hydrogen) atoms. The second kappa shape index (κ2) is 7.90. The Morgan fingerprint density at radius 3 is 2.44 bits per heavy atom. The van der Waals surface area contributed by atoms with Gasteiger partial charge in [-0.05, 0) is 35.9 Å². The molecule has 0 saturated carbocycles. The number of rotatable bonds is 4. The van der Waals surface area contributed by atoms with Gasteiger partial charge in [-0.1, -0.05) is 18.2 Å². The molecular weight excluding hydrogens is 321 g/mol. The highest BCUT2D eigenvalue weighted by Gasteiger charge is 2.17. The molecule has 5 nitrogen and oxygen atoms in total. The van der Waals surface area contributed by atoms with E-state index in [4.69, 9.17) is 0 Å². The van der Waals surface area contributed by atoms with Crippen molar-refractivity contribution in [2.75, 3.05) is 26.2 Å². The summed E-state index contributed by atoms with van der Waals surface area (Å²) in [6, 6.07) is 12.7. The molecule has 0 bridgehead atoms. The SMILES string of the molecule is O=C(NCc1ccc(C(=O)N2CCNCC2)cc1)c1cccc(F)c1. The molecule has 2 aromatic rings. The van der Waals surface area contributed by atoms with Crippen molar-refractivity contribution in [1.29, 1.82) is 0 Å². The average molecular weight is 341 g/mol. The number of piperazine rings is 1. The zero-order valence-electron chi connectivity index (χ0n) is 13.8. The largest absolute Gasteiger partial charge is 0.348 e. The molecule has 0 unspecified atom stereocenters. The minimum absolute atomic E-state index is 0.0249. The van der Waals surface area contributed by atoms with E-state index in [0.29, 0.717) is 25.2 Å². The summed E-state index contributed by atoms with van der Waals surface area (Å²) in [6.07, 6.45) is 0. The molecule has 0 radical (unpaired) electrons. The predicted octanol–water partition coefficient (Wildman–Crippen LogP) is 1.80. The number of nitrogens with one attached hydrogen (secondary N) is 2. The molecule has 1 saturated heterocycles. The Morgan fingerprint density at radius 2 is 1.76 bits per heavy atom. The van der Waals surface area contributed by atoms with E-state index in [1.807, 2.05) is 17.0 Å². The number of carbonyl (C=O) groups excluding carboxylic acids is 2. The van der Waals surface area contributed by atoms with Gasteiger partial charge in [0.25, 0.3) is 11.8 Å². The molecular formula is C19H20FN3O2. The Kier molecular flexibility index (Phi) is 5.40. The zero-order valence-corrected chi connectivity index (χ0v) is 13.8. The highest BCUT2D eigenvalue weighted by atomic mass is 19.1. The van der Waals surface area contributed by atoms with Crippen molar-refractivity contribution in [1.82, 2.24) is 15.5 Å². The smallest absolute Gasteiger partial charge is 0.253 e. The van der Waals surface area contributed by atoms with Crippen LogP contribution in [0, 0.1) is 5.82 Å². The number of benzene rings is 2. The summed E-state index contributed by atoms with van der Waals surface area (Å²) < 4.78 is 13.1. The van der Waals surface area contributed by atoms with Crippen LogP contribution in [0.25, 0.3) is 0 Å². The minimum atomic E-state index is -0.441. The van der Waals surface area contributed by atoms with Crippen LogP contribution in [0.4, 0.5) is 4.39 Å². The van der Waals surface area contributed by atoms with Crippen LogP contribution in [0.15, 0.2) is 48.5 Å². The molecule has 0 aliphatic carbocycles. The van der Waals surface area contributed by atoms with Crippen LogP contribution in [-0.2, 0) is 6.54 Å². The Hall–Kier alpha value is -2.73. The molecule has 1 aliphatic rings. The third-order valence-electron chi connectivity index (χ3n) is 4.14. The Morgan fingerprint density at radius 1 is 1.04 bits per heavy atom. The fourth-order valence-electron chi connectivity index (χ4n) is 2.73. The van der Waals surface area contributed by atoms with E-state index < -0.39 is 5.82 Å². The van der Waals surface area contributed by atoms with Crippen molar-refractivity contribution in [3.8, 4) is 0 Å². The first-order chi connectivity index (χ1) is 12.1. The van der Waals surface area contributed by atoms with Gasteiger partial charge in [0.15, 0.2) is 0 Å². The van der Waals surface area contributed by atoms with Crippen LogP contribution in [0.1, 0.15) is 26.3 Å². The predicted molar refractivity (Wildman–Crippen MR) is 92.8 cm³/mol. The first-order valence-electron chi connectivity index (χ1n) is 8.26. The molecule has 3 rings (SSSR count). The summed E-state index contributed by atoms with van der Waals surface area (Å²) in [6.45, 7) is 3.37. The topological polar surface area (TPSA) is 61.4 Å². The van der Waals surface area contributed by atoms with Gasteiger partial charge in [-0.25, -0.2) is 4.39 Å². The fraction of sp³-hybridized carbons (Fsp3) is 0.263. The van der Waals surface area contributed by atoms with Crippen molar-refractivity contribution >= 4 is 11.8 Å². The number of hydrogen-bond acceptors (Lipinski definition) is 3. The van der Waals surface area contributed by atoms with E-state index in [0.717, 1.165) is 18.7 Å². The van der Waals surface area contributed by atoms with Crippen molar-refractivity contribution in [3.63, 3.8) is 0 Å². The fourth-order valence-corrected chi connectivity index (χ4v) is 2.73. The van der Waals surface area contributed by atoms with Crippen LogP contribution < -0.4 is 10.6 Å². The lowest BCUT2D eigenvalue weighted by Crippen LogP contribution is -2.46. The van der Waals surface area contributed by atoms with Crippen LogP contribution >= 0.6 is 0 Å². The highest BCUT2D eigenvalue weighted by molar-refractivity contribution is 5.95. The lowest BCUT2D eigenvalue weighted by molar-refractivity contribution is 0.0735. The van der Waals surface area contributed by atoms with E-state index in [1.165, 1.54) is 18.2 Å². The Labute approximate surface area is 145 Å². The monoisotopic (exact) mass is 341 g/mol. The summed E-state index contributed by atoms with van der Waals surface area (Å²) in [5.74, 6) is -0.749. The standard InChI is InChI=1S/C19H20FN3O2/c20-17-3-1-2-16(12-17)18(24)22-13-14-4-6-15(7-5-14)19(25)23-10-8-21-9-11-23/h1-7,12,21H,8-11,13H2,(H,22,24). The molecule has 1 fully saturated rings. The summed E-state index contributed by atoms with van der Waals surface area (Å²) in [4.78, 5) is 26.2. The number of halogens is 1. The highest BCUT2D eigenvalue weighted by Crippen LogP contribution is 2.09.